The summed E-state index contributed by atoms with van der Waals surface area (Å²) in [4.78, 5) is 29.7. The van der Waals surface area contributed by atoms with Gasteiger partial charge in [0.1, 0.15) is 0 Å². The molecule has 3 heterocycles. The van der Waals surface area contributed by atoms with E-state index in [9.17, 15) is 9.90 Å². The molecule has 2 aliphatic heterocycles. The number of hydrogen-bond acceptors (Lipinski definition) is 7. The molecule has 0 radical (unpaired) electrons. The fourth-order valence-electron chi connectivity index (χ4n) is 4.77. The Balaban J connectivity index is 1.62. The summed E-state index contributed by atoms with van der Waals surface area (Å²) in [6.07, 6.45) is 7.44. The van der Waals surface area contributed by atoms with E-state index < -0.39 is 11.4 Å². The van der Waals surface area contributed by atoms with Gasteiger partial charge in [0.15, 0.2) is 0 Å². The van der Waals surface area contributed by atoms with E-state index >= 15 is 0 Å². The number of carbonyl (C=O) groups is 1. The second-order valence-corrected chi connectivity index (χ2v) is 7.75. The summed E-state index contributed by atoms with van der Waals surface area (Å²) in [5, 5.41) is 9.82. The van der Waals surface area contributed by atoms with Gasteiger partial charge in [-0.2, -0.15) is 15.0 Å². The van der Waals surface area contributed by atoms with Crippen molar-refractivity contribution < 1.29 is 14.6 Å². The third-order valence-corrected chi connectivity index (χ3v) is 6.24. The van der Waals surface area contributed by atoms with Crippen molar-refractivity contribution in [2.45, 2.75) is 44.9 Å². The molecule has 3 fully saturated rings. The van der Waals surface area contributed by atoms with E-state index in [0.717, 1.165) is 45.2 Å². The van der Waals surface area contributed by atoms with Crippen molar-refractivity contribution in [2.75, 3.05) is 43.1 Å². The van der Waals surface area contributed by atoms with Gasteiger partial charge in [-0.3, -0.25) is 4.79 Å². The first-order valence-electron chi connectivity index (χ1n) is 9.66. The Morgan fingerprint density at radius 2 is 1.77 bits per heavy atom. The molecule has 2 saturated heterocycles. The van der Waals surface area contributed by atoms with Crippen molar-refractivity contribution in [3.63, 3.8) is 0 Å². The number of hydrogen-bond donors (Lipinski definition) is 1. The number of ether oxygens (including phenoxy) is 1. The van der Waals surface area contributed by atoms with Crippen LogP contribution in [-0.4, -0.2) is 59.3 Å². The van der Waals surface area contributed by atoms with Crippen molar-refractivity contribution in [1.29, 1.82) is 0 Å². The van der Waals surface area contributed by atoms with E-state index in [0.29, 0.717) is 31.0 Å². The molecule has 1 N–H and O–H groups in total. The highest BCUT2D eigenvalue weighted by Crippen LogP contribution is 2.49. The summed E-state index contributed by atoms with van der Waals surface area (Å²) in [6, 6.07) is 0.302. The van der Waals surface area contributed by atoms with Gasteiger partial charge in [-0.25, -0.2) is 0 Å². The van der Waals surface area contributed by atoms with E-state index in [2.05, 4.69) is 14.9 Å². The zero-order valence-corrected chi connectivity index (χ0v) is 15.4. The summed E-state index contributed by atoms with van der Waals surface area (Å²) in [6.45, 7) is 3.04. The number of rotatable bonds is 4. The van der Waals surface area contributed by atoms with Crippen LogP contribution >= 0.6 is 0 Å². The molecule has 1 aliphatic carbocycles. The number of carboxylic acids is 1. The quantitative estimate of drug-likeness (QED) is 0.870. The van der Waals surface area contributed by atoms with Gasteiger partial charge in [0.05, 0.1) is 12.5 Å². The Morgan fingerprint density at radius 3 is 2.38 bits per heavy atom. The first kappa shape index (κ1) is 17.3. The maximum absolute atomic E-state index is 11.9. The minimum Gasteiger partial charge on any atom is -0.481 e. The molecule has 8 heteroatoms. The van der Waals surface area contributed by atoms with E-state index in [1.54, 1.807) is 7.11 Å². The van der Waals surface area contributed by atoms with Crippen LogP contribution in [0, 0.1) is 11.3 Å². The molecular weight excluding hydrogens is 334 g/mol. The topological polar surface area (TPSA) is 91.7 Å². The average molecular weight is 361 g/mol. The number of aliphatic carboxylic acids is 1. The van der Waals surface area contributed by atoms with E-state index in [-0.39, 0.29) is 5.92 Å². The largest absolute Gasteiger partial charge is 0.481 e. The molecule has 1 aromatic heterocycles. The number of anilines is 2. The molecule has 8 nitrogen and oxygen atoms in total. The number of nitrogens with zero attached hydrogens (tertiary/aromatic N) is 5. The van der Waals surface area contributed by atoms with Gasteiger partial charge in [-0.05, 0) is 31.6 Å². The average Bonchev–Trinajstić information content (AvgIpc) is 3.09. The van der Waals surface area contributed by atoms with Crippen LogP contribution in [-0.2, 0) is 4.79 Å². The fraction of sp³-hybridized carbons (Fsp3) is 0.778. The lowest BCUT2D eigenvalue weighted by atomic mass is 9.81. The highest BCUT2D eigenvalue weighted by Gasteiger charge is 2.55. The molecule has 4 rings (SSSR count). The van der Waals surface area contributed by atoms with Gasteiger partial charge in [0.25, 0.3) is 0 Å². The maximum Gasteiger partial charge on any atom is 0.322 e. The minimum atomic E-state index is -0.684. The van der Waals surface area contributed by atoms with E-state index in [1.807, 2.05) is 4.90 Å². The SMILES string of the molecule is COc1nc(N2CCCCCC2)nc(N2C[C@@H]3CCC[C@@]3(C(=O)O)C2)n1. The second kappa shape index (κ2) is 6.89. The first-order valence-corrected chi connectivity index (χ1v) is 9.66. The summed E-state index contributed by atoms with van der Waals surface area (Å²) in [7, 11) is 1.56. The molecule has 0 aromatic carbocycles. The van der Waals surface area contributed by atoms with Gasteiger partial charge >= 0.3 is 12.0 Å². The Labute approximate surface area is 153 Å². The second-order valence-electron chi connectivity index (χ2n) is 7.75. The summed E-state index contributed by atoms with van der Waals surface area (Å²) in [5.74, 6) is 0.682. The first-order chi connectivity index (χ1) is 12.6. The van der Waals surface area contributed by atoms with Gasteiger partial charge in [-0.15, -0.1) is 0 Å². The Kier molecular flexibility index (Phi) is 4.58. The Bertz CT molecular complexity index is 677. The molecule has 1 aromatic rings. The monoisotopic (exact) mass is 361 g/mol. The molecule has 0 amide bonds. The molecule has 1 saturated carbocycles. The predicted molar refractivity (Wildman–Crippen MR) is 96.7 cm³/mol. The van der Waals surface area contributed by atoms with Crippen molar-refractivity contribution in [3.8, 4) is 6.01 Å². The van der Waals surface area contributed by atoms with Crippen molar-refractivity contribution in [3.05, 3.63) is 0 Å². The van der Waals surface area contributed by atoms with E-state index in [4.69, 9.17) is 9.72 Å². The normalized spacial score (nSPS) is 28.7. The molecule has 0 spiro atoms. The smallest absolute Gasteiger partial charge is 0.322 e. The number of aromatic nitrogens is 3. The van der Waals surface area contributed by atoms with Crippen LogP contribution in [0.15, 0.2) is 0 Å². The Morgan fingerprint density at radius 1 is 1.08 bits per heavy atom. The van der Waals surface area contributed by atoms with Crippen LogP contribution in [0.1, 0.15) is 44.9 Å². The lowest BCUT2D eigenvalue weighted by Crippen LogP contribution is -2.36. The van der Waals surface area contributed by atoms with Crippen LogP contribution < -0.4 is 14.5 Å². The maximum atomic E-state index is 11.9. The van der Waals surface area contributed by atoms with Gasteiger partial charge in [0, 0.05) is 26.2 Å². The highest BCUT2D eigenvalue weighted by atomic mass is 16.5. The predicted octanol–water partition coefficient (Wildman–Crippen LogP) is 1.95. The lowest BCUT2D eigenvalue weighted by Gasteiger charge is -2.25. The lowest BCUT2D eigenvalue weighted by molar-refractivity contribution is -0.149. The highest BCUT2D eigenvalue weighted by molar-refractivity contribution is 5.77. The summed E-state index contributed by atoms with van der Waals surface area (Å²) >= 11 is 0. The minimum absolute atomic E-state index is 0.171. The van der Waals surface area contributed by atoms with Gasteiger partial charge in [-0.1, -0.05) is 19.3 Å². The zero-order valence-electron chi connectivity index (χ0n) is 15.4. The number of methoxy groups -OCH3 is 1. The van der Waals surface area contributed by atoms with Crippen LogP contribution in [0.4, 0.5) is 11.9 Å². The zero-order chi connectivity index (χ0) is 18.1. The third-order valence-electron chi connectivity index (χ3n) is 6.24. The van der Waals surface area contributed by atoms with Crippen LogP contribution in [0.25, 0.3) is 0 Å². The standard InChI is InChI=1S/C18H27N5O3/c1-26-17-20-15(22-9-4-2-3-5-10-22)19-16(21-17)23-11-13-7-6-8-18(13,12-23)14(24)25/h13H,2-12H2,1H3,(H,24,25)/t13-,18+/m0/s1. The molecule has 142 valence electrons. The fourth-order valence-corrected chi connectivity index (χ4v) is 4.77. The van der Waals surface area contributed by atoms with Crippen molar-refractivity contribution >= 4 is 17.9 Å². The molecule has 26 heavy (non-hydrogen) atoms. The Hall–Kier alpha value is -2.12. The number of fused-ring (bicyclic) bond motifs is 1. The molecule has 0 bridgehead atoms. The molecule has 0 unspecified atom stereocenters. The third kappa shape index (κ3) is 2.95. The van der Waals surface area contributed by atoms with Crippen LogP contribution in [0.3, 0.4) is 0 Å². The molecule has 2 atom stereocenters. The molecule has 3 aliphatic rings. The van der Waals surface area contributed by atoms with E-state index in [1.165, 1.54) is 12.8 Å². The van der Waals surface area contributed by atoms with Crippen LogP contribution in [0.5, 0.6) is 6.01 Å². The van der Waals surface area contributed by atoms with Gasteiger partial charge < -0.3 is 19.6 Å². The van der Waals surface area contributed by atoms with Crippen LogP contribution in [0.2, 0.25) is 0 Å². The molecular formula is C18H27N5O3. The summed E-state index contributed by atoms with van der Waals surface area (Å²) < 4.78 is 5.31. The number of carboxylic acid groups (broad SMARTS) is 1. The van der Waals surface area contributed by atoms with Crippen molar-refractivity contribution in [2.24, 2.45) is 11.3 Å². The van der Waals surface area contributed by atoms with Gasteiger partial charge in [0.2, 0.25) is 11.9 Å². The van der Waals surface area contributed by atoms with Crippen molar-refractivity contribution in [1.82, 2.24) is 15.0 Å². The summed E-state index contributed by atoms with van der Waals surface area (Å²) in [5.41, 5.74) is -0.650.